The number of ether oxygens (including phenoxy) is 2. The van der Waals surface area contributed by atoms with E-state index in [1.807, 2.05) is 25.1 Å². The molecule has 0 radical (unpaired) electrons. The van der Waals surface area contributed by atoms with Crippen LogP contribution in [0, 0.1) is 11.3 Å². The molecule has 3 rings (SSSR count). The highest BCUT2D eigenvalue weighted by atomic mass is 16.5. The van der Waals surface area contributed by atoms with Crippen LogP contribution in [0.4, 0.5) is 0 Å². The smallest absolute Gasteiger partial charge is 0.248 e. The molecule has 6 nitrogen and oxygen atoms in total. The molecule has 2 fully saturated rings. The van der Waals surface area contributed by atoms with Gasteiger partial charge >= 0.3 is 0 Å². The van der Waals surface area contributed by atoms with Gasteiger partial charge in [-0.1, -0.05) is 38.7 Å². The van der Waals surface area contributed by atoms with E-state index < -0.39 is 18.1 Å². The summed E-state index contributed by atoms with van der Waals surface area (Å²) in [6.45, 7) is 4.80. The van der Waals surface area contributed by atoms with Crippen molar-refractivity contribution in [3.8, 4) is 11.5 Å². The van der Waals surface area contributed by atoms with Crippen molar-refractivity contribution in [2.24, 2.45) is 11.3 Å². The van der Waals surface area contributed by atoms with Crippen molar-refractivity contribution in [3.63, 3.8) is 0 Å². The van der Waals surface area contributed by atoms with Gasteiger partial charge in [0.25, 0.3) is 0 Å². The number of benzene rings is 1. The second-order valence-electron chi connectivity index (χ2n) is 8.86. The zero-order chi connectivity index (χ0) is 21.0. The van der Waals surface area contributed by atoms with E-state index >= 15 is 0 Å². The van der Waals surface area contributed by atoms with E-state index in [4.69, 9.17) is 9.47 Å². The number of carbonyl (C=O) groups is 1. The van der Waals surface area contributed by atoms with Crippen LogP contribution in [0.25, 0.3) is 0 Å². The number of carbonyl (C=O) groups excluding carboxylic acids is 1. The van der Waals surface area contributed by atoms with Gasteiger partial charge in [0.2, 0.25) is 5.91 Å². The predicted molar refractivity (Wildman–Crippen MR) is 111 cm³/mol. The molecule has 1 aromatic carbocycles. The summed E-state index contributed by atoms with van der Waals surface area (Å²) in [4.78, 5) is 13.7. The number of rotatable bonds is 8. The molecule has 6 heteroatoms. The molecule has 1 saturated heterocycles. The third-order valence-electron chi connectivity index (χ3n) is 7.02. The Bertz CT molecular complexity index is 701. The Hall–Kier alpha value is -1.79. The minimum atomic E-state index is -0.599. The maximum absolute atomic E-state index is 12.1. The van der Waals surface area contributed by atoms with Crippen LogP contribution < -0.4 is 9.47 Å². The van der Waals surface area contributed by atoms with Crippen molar-refractivity contribution in [1.82, 2.24) is 4.90 Å². The Balaban J connectivity index is 1.79. The lowest BCUT2D eigenvalue weighted by Crippen LogP contribution is -2.38. The summed E-state index contributed by atoms with van der Waals surface area (Å²) in [6.07, 6.45) is 5.70. The molecule has 29 heavy (non-hydrogen) atoms. The van der Waals surface area contributed by atoms with Crippen LogP contribution >= 0.6 is 0 Å². The van der Waals surface area contributed by atoms with E-state index in [1.54, 1.807) is 18.9 Å². The fraction of sp³-hybridized carbons (Fsp3) is 0.696. The van der Waals surface area contributed by atoms with Gasteiger partial charge < -0.3 is 24.6 Å². The molecular formula is C23H35NO5. The number of methoxy groups -OCH3 is 1. The summed E-state index contributed by atoms with van der Waals surface area (Å²) in [5.74, 6) is 1.81. The summed E-state index contributed by atoms with van der Waals surface area (Å²) in [6, 6.07) is 5.88. The summed E-state index contributed by atoms with van der Waals surface area (Å²) in [5, 5.41) is 19.8. The molecule has 1 aliphatic heterocycles. The first-order valence-electron chi connectivity index (χ1n) is 10.8. The zero-order valence-corrected chi connectivity index (χ0v) is 17.9. The number of likely N-dealkylation sites (tertiary alicyclic amines) is 1. The first-order valence-corrected chi connectivity index (χ1v) is 10.8. The standard InChI is InChI=1S/C23H35NO5/c1-16(26)23(2)15-24(22(27)14-25)13-19(23)18-8-9-20(28-3)21(12-18)29-11-10-17-6-4-5-7-17/h8-9,12,16-17,19,25-26H,4-7,10-11,13-15H2,1-3H3/t16-,19+,23?/m1/s1. The topological polar surface area (TPSA) is 79.2 Å². The fourth-order valence-electron chi connectivity index (χ4n) is 4.87. The molecule has 2 N–H and O–H groups in total. The van der Waals surface area contributed by atoms with E-state index in [9.17, 15) is 15.0 Å². The van der Waals surface area contributed by atoms with Crippen molar-refractivity contribution >= 4 is 5.91 Å². The van der Waals surface area contributed by atoms with Crippen molar-refractivity contribution in [1.29, 1.82) is 0 Å². The highest BCUT2D eigenvalue weighted by Gasteiger charge is 2.48. The van der Waals surface area contributed by atoms with Crippen molar-refractivity contribution < 1.29 is 24.5 Å². The van der Waals surface area contributed by atoms with Gasteiger partial charge in [0.1, 0.15) is 6.61 Å². The Labute approximate surface area is 173 Å². The van der Waals surface area contributed by atoms with Gasteiger partial charge in [0.15, 0.2) is 11.5 Å². The molecule has 1 aromatic rings. The van der Waals surface area contributed by atoms with Gasteiger partial charge in [-0.2, -0.15) is 0 Å². The number of hydrogen-bond donors (Lipinski definition) is 2. The Morgan fingerprint density at radius 1 is 1.31 bits per heavy atom. The number of aliphatic hydroxyl groups excluding tert-OH is 2. The Morgan fingerprint density at radius 3 is 2.66 bits per heavy atom. The fourth-order valence-corrected chi connectivity index (χ4v) is 4.87. The van der Waals surface area contributed by atoms with Crippen LogP contribution in [0.2, 0.25) is 0 Å². The largest absolute Gasteiger partial charge is 0.493 e. The van der Waals surface area contributed by atoms with E-state index in [0.717, 1.165) is 17.9 Å². The highest BCUT2D eigenvalue weighted by molar-refractivity contribution is 5.77. The molecule has 0 aromatic heterocycles. The lowest BCUT2D eigenvalue weighted by Gasteiger charge is -2.33. The number of amides is 1. The Kier molecular flexibility index (Phi) is 7.06. The Morgan fingerprint density at radius 2 is 2.03 bits per heavy atom. The number of aliphatic hydroxyl groups is 2. The molecule has 1 heterocycles. The second kappa shape index (κ2) is 9.35. The maximum Gasteiger partial charge on any atom is 0.248 e. The van der Waals surface area contributed by atoms with Crippen LogP contribution in [0.1, 0.15) is 57.4 Å². The lowest BCUT2D eigenvalue weighted by molar-refractivity contribution is -0.133. The van der Waals surface area contributed by atoms with E-state index in [-0.39, 0.29) is 11.8 Å². The molecule has 3 atom stereocenters. The zero-order valence-electron chi connectivity index (χ0n) is 17.9. The third kappa shape index (κ3) is 4.69. The van der Waals surface area contributed by atoms with Gasteiger partial charge in [0.05, 0.1) is 19.8 Å². The maximum atomic E-state index is 12.1. The SMILES string of the molecule is COc1ccc([C@@H]2CN(C(=O)CO)CC2(C)[C@@H](C)O)cc1OCCC1CCCC1. The van der Waals surface area contributed by atoms with Crippen LogP contribution in [-0.2, 0) is 4.79 Å². The van der Waals surface area contributed by atoms with Gasteiger partial charge in [-0.05, 0) is 37.0 Å². The number of nitrogens with zero attached hydrogens (tertiary/aromatic N) is 1. The van der Waals surface area contributed by atoms with E-state index in [2.05, 4.69) is 0 Å². The third-order valence-corrected chi connectivity index (χ3v) is 7.02. The number of hydrogen-bond acceptors (Lipinski definition) is 5. The molecule has 162 valence electrons. The first kappa shape index (κ1) is 21.9. The lowest BCUT2D eigenvalue weighted by atomic mass is 9.72. The van der Waals surface area contributed by atoms with Crippen LogP contribution in [-0.4, -0.2) is 60.5 Å². The second-order valence-corrected chi connectivity index (χ2v) is 8.86. The summed E-state index contributed by atoms with van der Waals surface area (Å²) >= 11 is 0. The van der Waals surface area contributed by atoms with Gasteiger partial charge in [-0.25, -0.2) is 0 Å². The molecule has 0 spiro atoms. The van der Waals surface area contributed by atoms with Gasteiger partial charge in [-0.15, -0.1) is 0 Å². The first-order chi connectivity index (χ1) is 13.9. The van der Waals surface area contributed by atoms with Crippen molar-refractivity contribution in [3.05, 3.63) is 23.8 Å². The summed E-state index contributed by atoms with van der Waals surface area (Å²) < 4.78 is 11.6. The minimum Gasteiger partial charge on any atom is -0.493 e. The monoisotopic (exact) mass is 405 g/mol. The molecule has 1 saturated carbocycles. The van der Waals surface area contributed by atoms with Crippen LogP contribution in [0.5, 0.6) is 11.5 Å². The van der Waals surface area contributed by atoms with Crippen molar-refractivity contribution in [2.45, 2.75) is 58.0 Å². The molecule has 1 unspecified atom stereocenters. The predicted octanol–water partition coefficient (Wildman–Crippen LogP) is 2.96. The average Bonchev–Trinajstić information content (AvgIpc) is 3.35. The molecule has 1 amide bonds. The molecule has 0 bridgehead atoms. The normalized spacial score (nSPS) is 26.0. The van der Waals surface area contributed by atoms with Crippen LogP contribution in [0.15, 0.2) is 18.2 Å². The highest BCUT2D eigenvalue weighted by Crippen LogP contribution is 2.46. The van der Waals surface area contributed by atoms with Crippen molar-refractivity contribution in [2.75, 3.05) is 33.4 Å². The van der Waals surface area contributed by atoms with Gasteiger partial charge in [-0.3, -0.25) is 4.79 Å². The quantitative estimate of drug-likeness (QED) is 0.695. The molecular weight excluding hydrogens is 370 g/mol. The molecule has 1 aliphatic carbocycles. The van der Waals surface area contributed by atoms with E-state index in [0.29, 0.717) is 31.2 Å². The summed E-state index contributed by atoms with van der Waals surface area (Å²) in [7, 11) is 1.63. The average molecular weight is 406 g/mol. The van der Waals surface area contributed by atoms with Gasteiger partial charge in [0, 0.05) is 24.4 Å². The van der Waals surface area contributed by atoms with Crippen LogP contribution in [0.3, 0.4) is 0 Å². The minimum absolute atomic E-state index is 0.0545. The van der Waals surface area contributed by atoms with E-state index in [1.165, 1.54) is 25.7 Å². The molecule has 2 aliphatic rings. The summed E-state index contributed by atoms with van der Waals surface area (Å²) in [5.41, 5.74) is 0.513.